The van der Waals surface area contributed by atoms with Crippen LogP contribution in [-0.2, 0) is 0 Å². The molecule has 2 N–H and O–H groups in total. The number of aromatic nitrogens is 1. The van der Waals surface area contributed by atoms with Gasteiger partial charge in [0.05, 0.1) is 5.69 Å². The lowest BCUT2D eigenvalue weighted by Gasteiger charge is -2.17. The van der Waals surface area contributed by atoms with Gasteiger partial charge < -0.3 is 5.73 Å². The van der Waals surface area contributed by atoms with E-state index in [9.17, 15) is 0 Å². The topological polar surface area (TPSA) is 38.9 Å². The van der Waals surface area contributed by atoms with E-state index in [4.69, 9.17) is 10.7 Å². The number of pyridine rings is 1. The van der Waals surface area contributed by atoms with Crippen LogP contribution in [0.25, 0.3) is 32.8 Å². The van der Waals surface area contributed by atoms with E-state index in [-0.39, 0.29) is 6.04 Å². The molecule has 0 aliphatic heterocycles. The molecule has 0 aliphatic rings. The van der Waals surface area contributed by atoms with Crippen LogP contribution < -0.4 is 5.73 Å². The summed E-state index contributed by atoms with van der Waals surface area (Å²) in [7, 11) is 0. The second kappa shape index (κ2) is 5.49. The minimum absolute atomic E-state index is 0.0459. The van der Waals surface area contributed by atoms with Crippen molar-refractivity contribution < 1.29 is 0 Å². The fraction of sp³-hybridized carbons (Fsp3) is 0.0952. The second-order valence-corrected chi connectivity index (χ2v) is 5.92. The Morgan fingerprint density at radius 1 is 0.783 bits per heavy atom. The Hall–Kier alpha value is -2.71. The van der Waals surface area contributed by atoms with Crippen molar-refractivity contribution in [2.75, 3.05) is 0 Å². The van der Waals surface area contributed by atoms with Crippen molar-refractivity contribution in [1.29, 1.82) is 0 Å². The molecule has 0 fully saturated rings. The molecule has 0 saturated heterocycles. The lowest BCUT2D eigenvalue weighted by molar-refractivity contribution is 0.821. The summed E-state index contributed by atoms with van der Waals surface area (Å²) in [5, 5.41) is 4.77. The smallest absolute Gasteiger partial charge is 0.0789 e. The molecule has 4 aromatic rings. The van der Waals surface area contributed by atoms with Crippen molar-refractivity contribution >= 4 is 21.5 Å². The fourth-order valence-corrected chi connectivity index (χ4v) is 3.25. The zero-order chi connectivity index (χ0) is 15.8. The largest absolute Gasteiger partial charge is 0.324 e. The summed E-state index contributed by atoms with van der Waals surface area (Å²) in [5.41, 5.74) is 9.55. The minimum Gasteiger partial charge on any atom is -0.324 e. The summed E-state index contributed by atoms with van der Waals surface area (Å²) >= 11 is 0. The van der Waals surface area contributed by atoms with E-state index in [1.807, 2.05) is 13.1 Å². The first-order valence-electron chi connectivity index (χ1n) is 7.87. The number of fused-ring (bicyclic) bond motifs is 2. The van der Waals surface area contributed by atoms with Crippen molar-refractivity contribution in [2.24, 2.45) is 5.73 Å². The van der Waals surface area contributed by atoms with E-state index in [2.05, 4.69) is 66.7 Å². The Morgan fingerprint density at radius 3 is 2.17 bits per heavy atom. The van der Waals surface area contributed by atoms with Crippen LogP contribution in [0.3, 0.4) is 0 Å². The first-order valence-corrected chi connectivity index (χ1v) is 7.87. The van der Waals surface area contributed by atoms with Crippen LogP contribution in [0.4, 0.5) is 0 Å². The van der Waals surface area contributed by atoms with Crippen LogP contribution in [-0.4, -0.2) is 4.98 Å². The molecule has 1 atom stereocenters. The molecule has 2 nitrogen and oxygen atoms in total. The van der Waals surface area contributed by atoms with Crippen molar-refractivity contribution in [3.05, 3.63) is 78.5 Å². The van der Waals surface area contributed by atoms with Gasteiger partial charge in [0.2, 0.25) is 0 Å². The number of hydrogen-bond donors (Lipinski definition) is 1. The third kappa shape index (κ3) is 2.28. The number of rotatable bonds is 2. The maximum Gasteiger partial charge on any atom is 0.0789 e. The monoisotopic (exact) mass is 298 g/mol. The molecule has 4 rings (SSSR count). The van der Waals surface area contributed by atoms with Gasteiger partial charge in [-0.25, -0.2) is 0 Å². The number of nitrogens with zero attached hydrogens (tertiary/aromatic N) is 1. The number of nitrogens with two attached hydrogens (primary N) is 1. The number of hydrogen-bond acceptors (Lipinski definition) is 2. The van der Waals surface area contributed by atoms with Gasteiger partial charge in [-0.1, -0.05) is 60.7 Å². The maximum atomic E-state index is 6.26. The Labute approximate surface area is 135 Å². The molecule has 0 aliphatic carbocycles. The summed E-state index contributed by atoms with van der Waals surface area (Å²) < 4.78 is 0. The molecule has 0 amide bonds. The first kappa shape index (κ1) is 13.9. The van der Waals surface area contributed by atoms with Crippen LogP contribution in [0.15, 0.2) is 72.9 Å². The van der Waals surface area contributed by atoms with E-state index in [0.717, 1.165) is 22.2 Å². The molecule has 0 spiro atoms. The third-order valence-electron chi connectivity index (χ3n) is 4.36. The molecule has 0 saturated carbocycles. The van der Waals surface area contributed by atoms with Gasteiger partial charge in [0.25, 0.3) is 0 Å². The van der Waals surface area contributed by atoms with Crippen LogP contribution in [0.2, 0.25) is 0 Å². The molecule has 3 aromatic carbocycles. The third-order valence-corrected chi connectivity index (χ3v) is 4.36. The SMILES string of the molecule is C[C@H](N)c1ccc2ccccc2c1-c1nccc2ccccc12. The molecular formula is C21H18N2. The molecule has 0 bridgehead atoms. The summed E-state index contributed by atoms with van der Waals surface area (Å²) in [5.74, 6) is 0. The summed E-state index contributed by atoms with van der Waals surface area (Å²) in [6, 6.07) is 23.1. The van der Waals surface area contributed by atoms with Gasteiger partial charge in [-0.05, 0) is 34.7 Å². The average Bonchev–Trinajstić information content (AvgIpc) is 2.60. The predicted molar refractivity (Wildman–Crippen MR) is 97.3 cm³/mol. The molecule has 0 radical (unpaired) electrons. The highest BCUT2D eigenvalue weighted by Crippen LogP contribution is 2.36. The standard InChI is InChI=1S/C21H18N2/c1-14(22)17-11-10-15-6-2-4-8-18(15)20(17)21-19-9-5-3-7-16(19)12-13-23-21/h2-14H,22H2,1H3/t14-/m0/s1. The van der Waals surface area contributed by atoms with Crippen molar-refractivity contribution in [3.63, 3.8) is 0 Å². The van der Waals surface area contributed by atoms with Crippen molar-refractivity contribution in [1.82, 2.24) is 4.98 Å². The van der Waals surface area contributed by atoms with Gasteiger partial charge in [-0.2, -0.15) is 0 Å². The van der Waals surface area contributed by atoms with Gasteiger partial charge in [0.1, 0.15) is 0 Å². The molecule has 0 unspecified atom stereocenters. The van der Waals surface area contributed by atoms with E-state index in [0.29, 0.717) is 0 Å². The Bertz CT molecular complexity index is 997. The Morgan fingerprint density at radius 2 is 1.43 bits per heavy atom. The van der Waals surface area contributed by atoms with Crippen LogP contribution >= 0.6 is 0 Å². The lowest BCUT2D eigenvalue weighted by atomic mass is 9.91. The molecule has 23 heavy (non-hydrogen) atoms. The van der Waals surface area contributed by atoms with Gasteiger partial charge in [0, 0.05) is 23.2 Å². The van der Waals surface area contributed by atoms with Crippen LogP contribution in [0, 0.1) is 0 Å². The summed E-state index contributed by atoms with van der Waals surface area (Å²) in [4.78, 5) is 4.71. The van der Waals surface area contributed by atoms with Gasteiger partial charge >= 0.3 is 0 Å². The van der Waals surface area contributed by atoms with Crippen molar-refractivity contribution in [3.8, 4) is 11.3 Å². The normalized spacial score (nSPS) is 12.6. The molecular weight excluding hydrogens is 280 g/mol. The highest BCUT2D eigenvalue weighted by Gasteiger charge is 2.15. The predicted octanol–water partition coefficient (Wildman–Crippen LogP) is 5.07. The Kier molecular flexibility index (Phi) is 3.32. The highest BCUT2D eigenvalue weighted by molar-refractivity contribution is 6.05. The van der Waals surface area contributed by atoms with E-state index >= 15 is 0 Å². The lowest BCUT2D eigenvalue weighted by Crippen LogP contribution is -2.07. The second-order valence-electron chi connectivity index (χ2n) is 5.92. The van der Waals surface area contributed by atoms with E-state index in [1.54, 1.807) is 0 Å². The van der Waals surface area contributed by atoms with E-state index in [1.165, 1.54) is 16.2 Å². The van der Waals surface area contributed by atoms with E-state index < -0.39 is 0 Å². The maximum absolute atomic E-state index is 6.26. The highest BCUT2D eigenvalue weighted by atomic mass is 14.7. The minimum atomic E-state index is -0.0459. The summed E-state index contributed by atoms with van der Waals surface area (Å²) in [6.45, 7) is 2.03. The zero-order valence-electron chi connectivity index (χ0n) is 13.0. The first-order chi connectivity index (χ1) is 11.3. The molecule has 112 valence electrons. The quantitative estimate of drug-likeness (QED) is 0.561. The average molecular weight is 298 g/mol. The van der Waals surface area contributed by atoms with Crippen molar-refractivity contribution in [2.45, 2.75) is 13.0 Å². The van der Waals surface area contributed by atoms with Crippen LogP contribution in [0.5, 0.6) is 0 Å². The fourth-order valence-electron chi connectivity index (χ4n) is 3.25. The summed E-state index contributed by atoms with van der Waals surface area (Å²) in [6.07, 6.45) is 1.88. The van der Waals surface area contributed by atoms with Gasteiger partial charge in [-0.15, -0.1) is 0 Å². The Balaban J connectivity index is 2.17. The molecule has 1 aromatic heterocycles. The van der Waals surface area contributed by atoms with Gasteiger partial charge in [-0.3, -0.25) is 4.98 Å². The molecule has 1 heterocycles. The van der Waals surface area contributed by atoms with Crippen LogP contribution in [0.1, 0.15) is 18.5 Å². The van der Waals surface area contributed by atoms with Gasteiger partial charge in [0.15, 0.2) is 0 Å². The number of benzene rings is 3. The zero-order valence-corrected chi connectivity index (χ0v) is 13.0. The molecule has 2 heteroatoms.